The first-order valence-corrected chi connectivity index (χ1v) is 9.99. The Hall–Kier alpha value is -3.92. The highest BCUT2D eigenvalue weighted by Gasteiger charge is 2.33. The molecule has 0 bridgehead atoms. The van der Waals surface area contributed by atoms with Crippen LogP contribution >= 0.6 is 0 Å². The molecule has 2 saturated heterocycles. The third kappa shape index (κ3) is 8.55. The molecule has 2 fully saturated rings. The van der Waals surface area contributed by atoms with E-state index in [9.17, 15) is 38.4 Å². The maximum absolute atomic E-state index is 11.6. The number of carbonyl (C=O) groups excluding carboxylic acids is 8. The van der Waals surface area contributed by atoms with Gasteiger partial charge in [0.05, 0.1) is 0 Å². The van der Waals surface area contributed by atoms with Crippen LogP contribution in [0.15, 0.2) is 0 Å². The first-order chi connectivity index (χ1) is 16.2. The summed E-state index contributed by atoms with van der Waals surface area (Å²) in [5.41, 5.74) is 0. The topological polar surface area (TPSA) is 204 Å². The summed E-state index contributed by atoms with van der Waals surface area (Å²) in [6.07, 6.45) is -0.192. The van der Waals surface area contributed by atoms with E-state index in [1.807, 2.05) is 0 Å². The second kappa shape index (κ2) is 12.9. The fourth-order valence-corrected chi connectivity index (χ4v) is 2.53. The molecule has 6 amide bonds. The molecule has 186 valence electrons. The van der Waals surface area contributed by atoms with Crippen molar-refractivity contribution < 1.29 is 57.5 Å². The van der Waals surface area contributed by atoms with Gasteiger partial charge in [-0.3, -0.25) is 28.8 Å². The van der Waals surface area contributed by atoms with E-state index in [1.165, 1.54) is 0 Å². The lowest BCUT2D eigenvalue weighted by molar-refractivity contribution is -0.200. The summed E-state index contributed by atoms with van der Waals surface area (Å²) in [5.74, 6) is -5.83. The monoisotopic (exact) mass is 486 g/mol. The molecule has 2 aliphatic rings. The van der Waals surface area contributed by atoms with Gasteiger partial charge >= 0.3 is 11.9 Å². The van der Waals surface area contributed by atoms with Gasteiger partial charge in [0.1, 0.15) is 26.4 Å². The van der Waals surface area contributed by atoms with Gasteiger partial charge in [-0.05, 0) is 0 Å². The fourth-order valence-electron chi connectivity index (χ4n) is 2.53. The summed E-state index contributed by atoms with van der Waals surface area (Å²) in [5, 5.41) is 5.49. The van der Waals surface area contributed by atoms with Gasteiger partial charge < -0.3 is 29.8 Å². The molecular formula is C18H22N4O12. The number of rotatable bonds is 13. The summed E-state index contributed by atoms with van der Waals surface area (Å²) in [6.45, 7) is -2.34. The average Bonchev–Trinajstić information content (AvgIpc) is 3.27. The summed E-state index contributed by atoms with van der Waals surface area (Å²) in [7, 11) is 0. The van der Waals surface area contributed by atoms with Gasteiger partial charge in [-0.1, -0.05) is 0 Å². The lowest BCUT2D eigenvalue weighted by Gasteiger charge is -2.13. The van der Waals surface area contributed by atoms with Crippen LogP contribution in [0, 0.1) is 0 Å². The Kier molecular flexibility index (Phi) is 10.0. The Bertz CT molecular complexity index is 771. The van der Waals surface area contributed by atoms with Gasteiger partial charge in [0.15, 0.2) is 0 Å². The summed E-state index contributed by atoms with van der Waals surface area (Å²) >= 11 is 0. The normalized spacial score (nSPS) is 15.5. The standard InChI is InChI=1S/C18H22N4O12/c23-11(7-31-9-17(29)33-21-13(25)1-2-14(21)26)19-5-6-20-12(24)8-32-10-18(30)34-22-15(27)3-4-16(22)28/h1-10H2,(H,19,23)(H,20,24). The summed E-state index contributed by atoms with van der Waals surface area (Å²) in [6, 6.07) is 0. The Morgan fingerprint density at radius 1 is 0.588 bits per heavy atom. The number of nitrogens with zero attached hydrogens (tertiary/aromatic N) is 2. The van der Waals surface area contributed by atoms with Crippen molar-refractivity contribution in [2.75, 3.05) is 39.5 Å². The van der Waals surface area contributed by atoms with Crippen molar-refractivity contribution in [3.8, 4) is 0 Å². The van der Waals surface area contributed by atoms with Crippen LogP contribution in [-0.4, -0.2) is 97.0 Å². The van der Waals surface area contributed by atoms with Crippen molar-refractivity contribution in [1.29, 1.82) is 0 Å². The molecule has 16 nitrogen and oxygen atoms in total. The first kappa shape index (κ1) is 26.3. The molecule has 34 heavy (non-hydrogen) atoms. The molecule has 2 aliphatic heterocycles. The Morgan fingerprint density at radius 2 is 0.912 bits per heavy atom. The molecule has 0 aromatic carbocycles. The number of amides is 6. The van der Waals surface area contributed by atoms with Gasteiger partial charge in [-0.25, -0.2) is 9.59 Å². The lowest BCUT2D eigenvalue weighted by atomic mass is 10.4. The lowest BCUT2D eigenvalue weighted by Crippen LogP contribution is -2.38. The predicted octanol–water partition coefficient (Wildman–Crippen LogP) is -3.53. The maximum atomic E-state index is 11.6. The minimum atomic E-state index is -1.02. The van der Waals surface area contributed by atoms with Crippen LogP contribution in [0.4, 0.5) is 0 Å². The minimum absolute atomic E-state index is 0.0103. The molecule has 0 radical (unpaired) electrons. The molecule has 0 aromatic rings. The zero-order valence-electron chi connectivity index (χ0n) is 17.9. The van der Waals surface area contributed by atoms with Crippen LogP contribution in [0.3, 0.4) is 0 Å². The number of carbonyl (C=O) groups is 8. The van der Waals surface area contributed by atoms with Gasteiger partial charge in [0, 0.05) is 38.8 Å². The highest BCUT2D eigenvalue weighted by molar-refractivity contribution is 6.02. The number of imide groups is 2. The smallest absolute Gasteiger partial charge is 0.358 e. The fraction of sp³-hybridized carbons (Fsp3) is 0.556. The van der Waals surface area contributed by atoms with Crippen LogP contribution in [0.1, 0.15) is 25.7 Å². The molecule has 2 heterocycles. The van der Waals surface area contributed by atoms with E-state index in [4.69, 9.17) is 9.47 Å². The third-order valence-corrected chi connectivity index (χ3v) is 4.07. The van der Waals surface area contributed by atoms with E-state index in [1.54, 1.807) is 0 Å². The minimum Gasteiger partial charge on any atom is -0.360 e. The Balaban J connectivity index is 1.46. The Labute approximate surface area is 191 Å². The number of hydrogen-bond acceptors (Lipinski definition) is 12. The molecule has 0 aromatic heterocycles. The summed E-state index contributed by atoms with van der Waals surface area (Å²) in [4.78, 5) is 101. The van der Waals surface area contributed by atoms with Gasteiger partial charge in [-0.15, -0.1) is 10.1 Å². The van der Waals surface area contributed by atoms with Crippen molar-refractivity contribution in [1.82, 2.24) is 20.8 Å². The molecule has 0 unspecified atom stereocenters. The van der Waals surface area contributed by atoms with E-state index in [-0.39, 0.29) is 38.8 Å². The van der Waals surface area contributed by atoms with Crippen molar-refractivity contribution in [2.45, 2.75) is 25.7 Å². The molecule has 0 saturated carbocycles. The predicted molar refractivity (Wildman–Crippen MR) is 102 cm³/mol. The largest absolute Gasteiger partial charge is 0.360 e. The van der Waals surface area contributed by atoms with Crippen molar-refractivity contribution in [3.05, 3.63) is 0 Å². The number of hydrogen-bond donors (Lipinski definition) is 2. The van der Waals surface area contributed by atoms with E-state index in [0.717, 1.165) is 0 Å². The summed E-state index contributed by atoms with van der Waals surface area (Å²) < 4.78 is 9.64. The highest BCUT2D eigenvalue weighted by atomic mass is 16.7. The van der Waals surface area contributed by atoms with Crippen LogP contribution in [0.5, 0.6) is 0 Å². The number of hydroxylamine groups is 4. The number of nitrogens with one attached hydrogen (secondary N) is 2. The molecule has 2 rings (SSSR count). The van der Waals surface area contributed by atoms with Crippen LogP contribution in [0.2, 0.25) is 0 Å². The second-order valence-electron chi connectivity index (χ2n) is 6.78. The quantitative estimate of drug-likeness (QED) is 0.192. The third-order valence-electron chi connectivity index (χ3n) is 4.07. The highest BCUT2D eigenvalue weighted by Crippen LogP contribution is 2.12. The van der Waals surface area contributed by atoms with Crippen molar-refractivity contribution >= 4 is 47.4 Å². The molecule has 16 heteroatoms. The molecular weight excluding hydrogens is 464 g/mol. The molecule has 0 aliphatic carbocycles. The van der Waals surface area contributed by atoms with E-state index in [2.05, 4.69) is 20.3 Å². The maximum Gasteiger partial charge on any atom is 0.358 e. The second-order valence-corrected chi connectivity index (χ2v) is 6.78. The van der Waals surface area contributed by atoms with Gasteiger partial charge in [0.2, 0.25) is 11.8 Å². The molecule has 0 atom stereocenters. The zero-order valence-corrected chi connectivity index (χ0v) is 17.9. The Morgan fingerprint density at radius 3 is 1.24 bits per heavy atom. The first-order valence-electron chi connectivity index (χ1n) is 9.99. The molecule has 2 N–H and O–H groups in total. The molecule has 0 spiro atoms. The van der Waals surface area contributed by atoms with E-state index in [0.29, 0.717) is 10.1 Å². The van der Waals surface area contributed by atoms with Gasteiger partial charge in [0.25, 0.3) is 23.6 Å². The zero-order chi connectivity index (χ0) is 25.1. The van der Waals surface area contributed by atoms with Crippen LogP contribution in [-0.2, 0) is 57.5 Å². The van der Waals surface area contributed by atoms with Crippen LogP contribution < -0.4 is 10.6 Å². The number of ether oxygens (including phenoxy) is 2. The van der Waals surface area contributed by atoms with Crippen molar-refractivity contribution in [3.63, 3.8) is 0 Å². The van der Waals surface area contributed by atoms with E-state index < -0.39 is 73.8 Å². The average molecular weight is 486 g/mol. The van der Waals surface area contributed by atoms with Crippen LogP contribution in [0.25, 0.3) is 0 Å². The van der Waals surface area contributed by atoms with Crippen molar-refractivity contribution in [2.24, 2.45) is 0 Å². The van der Waals surface area contributed by atoms with Gasteiger partial charge in [-0.2, -0.15) is 0 Å². The van der Waals surface area contributed by atoms with E-state index >= 15 is 0 Å². The SMILES string of the molecule is O=C(COCC(=O)ON1C(=O)CCC1=O)NCCNC(=O)COCC(=O)ON1C(=O)CCC1=O.